The first-order chi connectivity index (χ1) is 11.3. The summed E-state index contributed by atoms with van der Waals surface area (Å²) in [7, 11) is 2.05. The van der Waals surface area contributed by atoms with Gasteiger partial charge in [0.15, 0.2) is 5.71 Å². The fourth-order valence-corrected chi connectivity index (χ4v) is 3.28. The zero-order valence-corrected chi connectivity index (χ0v) is 14.1. The fraction of sp³-hybridized carbons (Fsp3) is 0.316. The van der Waals surface area contributed by atoms with Crippen molar-refractivity contribution in [3.8, 4) is 0 Å². The molecule has 0 saturated heterocycles. The van der Waals surface area contributed by atoms with Gasteiger partial charge in [-0.2, -0.15) is 13.2 Å². The molecule has 0 saturated carbocycles. The zero-order chi connectivity index (χ0) is 17.3. The number of aryl methyl sites for hydroxylation is 1. The second-order valence-electron chi connectivity index (χ2n) is 6.11. The third-order valence-electron chi connectivity index (χ3n) is 4.49. The van der Waals surface area contributed by atoms with E-state index in [1.165, 1.54) is 11.3 Å². The molecular weight excluding hydrogens is 335 g/mol. The lowest BCUT2D eigenvalue weighted by Crippen LogP contribution is -2.27. The number of nitrogens with zero attached hydrogens (tertiary/aromatic N) is 1. The molecule has 0 N–H and O–H groups in total. The van der Waals surface area contributed by atoms with Crippen molar-refractivity contribution in [2.75, 3.05) is 13.6 Å². The van der Waals surface area contributed by atoms with Crippen molar-refractivity contribution in [3.63, 3.8) is 0 Å². The molecule has 1 nitrogen and oxygen atoms in total. The molecule has 1 aliphatic rings. The minimum atomic E-state index is -4.29. The van der Waals surface area contributed by atoms with Gasteiger partial charge in [0.05, 0.1) is 5.56 Å². The van der Waals surface area contributed by atoms with Crippen LogP contribution < -0.4 is 0 Å². The minimum Gasteiger partial charge on any atom is -0.235 e. The number of rotatable bonds is 3. The van der Waals surface area contributed by atoms with Crippen LogP contribution >= 0.6 is 11.6 Å². The highest BCUT2D eigenvalue weighted by Gasteiger charge is 2.30. The summed E-state index contributed by atoms with van der Waals surface area (Å²) in [5, 5.41) is 0.705. The van der Waals surface area contributed by atoms with Crippen LogP contribution in [0.4, 0.5) is 13.2 Å². The number of hydrogen-bond donors (Lipinski definition) is 0. The molecule has 0 amide bonds. The molecule has 5 heteroatoms. The first-order valence-electron chi connectivity index (χ1n) is 7.86. The van der Waals surface area contributed by atoms with E-state index in [2.05, 4.69) is 10.6 Å². The molecule has 1 aliphatic heterocycles. The zero-order valence-electron chi connectivity index (χ0n) is 13.3. The molecule has 0 aromatic heterocycles. The Morgan fingerprint density at radius 2 is 1.75 bits per heavy atom. The molecule has 3 rings (SSSR count). The van der Waals surface area contributed by atoms with Crippen LogP contribution in [-0.4, -0.2) is 23.9 Å². The van der Waals surface area contributed by atoms with Crippen molar-refractivity contribution in [2.45, 2.75) is 25.4 Å². The number of likely N-dealkylation sites (N-methyl/N-ethyl adjacent to an activating group) is 1. The van der Waals surface area contributed by atoms with Crippen LogP contribution in [0, 0.1) is 0 Å². The van der Waals surface area contributed by atoms with Crippen LogP contribution in [0.5, 0.6) is 0 Å². The van der Waals surface area contributed by atoms with Crippen LogP contribution in [0.3, 0.4) is 0 Å². The normalized spacial score (nSPS) is 14.7. The Bertz CT molecular complexity index is 776. The third-order valence-corrected chi connectivity index (χ3v) is 4.73. The number of halogens is 4. The molecule has 126 valence electrons. The Hall–Kier alpha value is -1.81. The van der Waals surface area contributed by atoms with E-state index in [0.717, 1.165) is 42.6 Å². The Morgan fingerprint density at radius 1 is 1.04 bits per heavy atom. The van der Waals surface area contributed by atoms with E-state index < -0.39 is 11.7 Å². The first-order valence-corrected chi connectivity index (χ1v) is 8.24. The quantitative estimate of drug-likeness (QED) is 0.685. The second kappa shape index (κ2) is 6.60. The molecule has 0 bridgehead atoms. The molecule has 0 atom stereocenters. The Kier molecular flexibility index (Phi) is 4.68. The van der Waals surface area contributed by atoms with Gasteiger partial charge < -0.3 is 0 Å². The predicted octanol–water partition coefficient (Wildman–Crippen LogP) is 4.98. The topological polar surface area (TPSA) is 3.01 Å². The predicted molar refractivity (Wildman–Crippen MR) is 90.1 cm³/mol. The lowest BCUT2D eigenvalue weighted by atomic mass is 9.93. The van der Waals surface area contributed by atoms with E-state index in [4.69, 9.17) is 11.6 Å². The van der Waals surface area contributed by atoms with E-state index in [1.54, 1.807) is 12.1 Å². The summed E-state index contributed by atoms with van der Waals surface area (Å²) < 4.78 is 40.1. The van der Waals surface area contributed by atoms with Crippen molar-refractivity contribution in [2.24, 2.45) is 0 Å². The summed E-state index contributed by atoms with van der Waals surface area (Å²) in [6.07, 6.45) is -1.84. The van der Waals surface area contributed by atoms with E-state index in [0.29, 0.717) is 11.4 Å². The summed E-state index contributed by atoms with van der Waals surface area (Å²) in [4.78, 5) is 0. The maximum absolute atomic E-state index is 12.6. The molecule has 2 aromatic rings. The van der Waals surface area contributed by atoms with Crippen molar-refractivity contribution in [3.05, 3.63) is 69.7 Å². The van der Waals surface area contributed by atoms with Gasteiger partial charge in [-0.25, -0.2) is 4.58 Å². The van der Waals surface area contributed by atoms with Gasteiger partial charge in [0, 0.05) is 23.4 Å². The van der Waals surface area contributed by atoms with Gasteiger partial charge in [-0.3, -0.25) is 0 Å². The molecule has 2 aromatic carbocycles. The molecule has 0 radical (unpaired) electrons. The molecule has 1 heterocycles. The molecule has 0 spiro atoms. The highest BCUT2D eigenvalue weighted by molar-refractivity contribution is 6.31. The highest BCUT2D eigenvalue weighted by Crippen LogP contribution is 2.29. The highest BCUT2D eigenvalue weighted by atomic mass is 35.5. The number of hydrogen-bond acceptors (Lipinski definition) is 0. The van der Waals surface area contributed by atoms with E-state index in [1.807, 2.05) is 19.2 Å². The van der Waals surface area contributed by atoms with Crippen LogP contribution in [0.15, 0.2) is 42.5 Å². The van der Waals surface area contributed by atoms with E-state index in [9.17, 15) is 13.2 Å². The average molecular weight is 353 g/mol. The van der Waals surface area contributed by atoms with Crippen molar-refractivity contribution in [1.29, 1.82) is 0 Å². The average Bonchev–Trinajstić information content (AvgIpc) is 2.53. The third kappa shape index (κ3) is 3.64. The summed E-state index contributed by atoms with van der Waals surface area (Å²) in [5.41, 5.74) is 3.92. The Labute approximate surface area is 144 Å². The van der Waals surface area contributed by atoms with Crippen LogP contribution in [-0.2, 0) is 19.0 Å². The van der Waals surface area contributed by atoms with Crippen LogP contribution in [0.25, 0.3) is 0 Å². The van der Waals surface area contributed by atoms with E-state index in [-0.39, 0.29) is 0 Å². The van der Waals surface area contributed by atoms with Crippen molar-refractivity contribution < 1.29 is 17.7 Å². The van der Waals surface area contributed by atoms with Gasteiger partial charge in [-0.1, -0.05) is 29.8 Å². The Morgan fingerprint density at radius 3 is 2.42 bits per heavy atom. The molecular formula is C19H18ClF3N+. The van der Waals surface area contributed by atoms with E-state index >= 15 is 0 Å². The van der Waals surface area contributed by atoms with Gasteiger partial charge in [0.2, 0.25) is 0 Å². The molecule has 0 aliphatic carbocycles. The van der Waals surface area contributed by atoms with Gasteiger partial charge in [0.25, 0.3) is 0 Å². The van der Waals surface area contributed by atoms with Gasteiger partial charge in [-0.05, 0) is 41.8 Å². The molecule has 24 heavy (non-hydrogen) atoms. The summed E-state index contributed by atoms with van der Waals surface area (Å²) in [5.74, 6) is 0. The lowest BCUT2D eigenvalue weighted by Gasteiger charge is -2.17. The minimum absolute atomic E-state index is 0.606. The molecule has 0 fully saturated rings. The monoisotopic (exact) mass is 352 g/mol. The summed E-state index contributed by atoms with van der Waals surface area (Å²) in [6, 6.07) is 11.4. The summed E-state index contributed by atoms with van der Waals surface area (Å²) >= 11 is 6.13. The standard InChI is InChI=1S/C19H18ClF3N/c1-24-11-10-14-5-8-16(20)12-17(14)18(24)9-4-13-2-6-15(7-3-13)19(21,22)23/h2-3,5-8,12H,4,9-11H2,1H3/q+1. The smallest absolute Gasteiger partial charge is 0.235 e. The maximum atomic E-state index is 12.6. The van der Waals surface area contributed by atoms with Crippen molar-refractivity contribution in [1.82, 2.24) is 0 Å². The van der Waals surface area contributed by atoms with Gasteiger partial charge in [-0.15, -0.1) is 0 Å². The number of benzene rings is 2. The summed E-state index contributed by atoms with van der Waals surface area (Å²) in [6.45, 7) is 0.941. The first kappa shape index (κ1) is 17.0. The van der Waals surface area contributed by atoms with Crippen LogP contribution in [0.1, 0.15) is 28.7 Å². The molecule has 0 unspecified atom stereocenters. The lowest BCUT2D eigenvalue weighted by molar-refractivity contribution is -0.499. The van der Waals surface area contributed by atoms with Gasteiger partial charge in [0.1, 0.15) is 13.6 Å². The second-order valence-corrected chi connectivity index (χ2v) is 6.55. The van der Waals surface area contributed by atoms with Gasteiger partial charge >= 0.3 is 6.18 Å². The van der Waals surface area contributed by atoms with Crippen LogP contribution in [0.2, 0.25) is 5.02 Å². The van der Waals surface area contributed by atoms with Crippen molar-refractivity contribution >= 4 is 17.3 Å². The maximum Gasteiger partial charge on any atom is 0.416 e. The SMILES string of the molecule is C[N+]1=C(CCc2ccc(C(F)(F)F)cc2)c2cc(Cl)ccc2CC1. The fourth-order valence-electron chi connectivity index (χ4n) is 3.11. The Balaban J connectivity index is 1.78. The largest absolute Gasteiger partial charge is 0.416 e. The number of alkyl halides is 3. The number of fused-ring (bicyclic) bond motifs is 1.